The van der Waals surface area contributed by atoms with E-state index < -0.39 is 0 Å². The molecule has 1 unspecified atom stereocenters. The summed E-state index contributed by atoms with van der Waals surface area (Å²) in [5.41, 5.74) is 7.10. The first-order valence-electron chi connectivity index (χ1n) is 5.76. The van der Waals surface area contributed by atoms with Crippen molar-refractivity contribution in [3.63, 3.8) is 0 Å². The fraction of sp³-hybridized carbons (Fsp3) is 0.333. The van der Waals surface area contributed by atoms with E-state index in [1.807, 2.05) is 6.07 Å². The number of aromatic nitrogens is 2. The van der Waals surface area contributed by atoms with Gasteiger partial charge in [0.1, 0.15) is 0 Å². The summed E-state index contributed by atoms with van der Waals surface area (Å²) in [6.07, 6.45) is 2.47. The van der Waals surface area contributed by atoms with Gasteiger partial charge in [0.25, 0.3) is 5.56 Å². The molecule has 4 nitrogen and oxygen atoms in total. The molecule has 94 valence electrons. The summed E-state index contributed by atoms with van der Waals surface area (Å²) in [4.78, 5) is 19.8. The van der Waals surface area contributed by atoms with Crippen molar-refractivity contribution in [1.29, 1.82) is 0 Å². The second-order valence-electron chi connectivity index (χ2n) is 4.46. The first kappa shape index (κ1) is 11.7. The Morgan fingerprint density at radius 3 is 3.06 bits per heavy atom. The molecule has 6 heteroatoms. The lowest BCUT2D eigenvalue weighted by atomic mass is 9.86. The number of H-pyrrole nitrogens is 1. The van der Waals surface area contributed by atoms with Crippen LogP contribution in [0.3, 0.4) is 0 Å². The number of rotatable bonds is 1. The molecule has 2 heterocycles. The molecule has 18 heavy (non-hydrogen) atoms. The standard InChI is InChI=1S/C12H12ClN3OS/c13-10-4-3-9(18-10)6-1-2-7-8(5-6)15-12(14)16-11(7)17/h3-4,6H,1-2,5H2,(H3,14,15,16,17). The van der Waals surface area contributed by atoms with Crippen LogP contribution in [0, 0.1) is 0 Å². The zero-order valence-electron chi connectivity index (χ0n) is 9.57. The second kappa shape index (κ2) is 4.40. The van der Waals surface area contributed by atoms with Crippen molar-refractivity contribution < 1.29 is 0 Å². The highest BCUT2D eigenvalue weighted by atomic mass is 35.5. The Kier molecular flexibility index (Phi) is 2.87. The number of fused-ring (bicyclic) bond motifs is 1. The minimum absolute atomic E-state index is 0.0971. The Labute approximate surface area is 113 Å². The highest BCUT2D eigenvalue weighted by Gasteiger charge is 2.24. The zero-order chi connectivity index (χ0) is 12.7. The molecule has 0 saturated carbocycles. The first-order chi connectivity index (χ1) is 8.63. The van der Waals surface area contributed by atoms with Gasteiger partial charge in [-0.1, -0.05) is 11.6 Å². The van der Waals surface area contributed by atoms with Crippen molar-refractivity contribution in [3.8, 4) is 0 Å². The van der Waals surface area contributed by atoms with Gasteiger partial charge in [-0.15, -0.1) is 11.3 Å². The SMILES string of the molecule is Nc1nc2c(c(=O)[nH]1)CCC(c1ccc(Cl)s1)C2. The lowest BCUT2D eigenvalue weighted by molar-refractivity contribution is 0.575. The van der Waals surface area contributed by atoms with Crippen LogP contribution in [0.15, 0.2) is 16.9 Å². The number of nitrogens with zero attached hydrogens (tertiary/aromatic N) is 1. The van der Waals surface area contributed by atoms with Crippen LogP contribution < -0.4 is 11.3 Å². The molecule has 1 aliphatic carbocycles. The van der Waals surface area contributed by atoms with Crippen molar-refractivity contribution in [3.05, 3.63) is 43.0 Å². The highest BCUT2D eigenvalue weighted by Crippen LogP contribution is 2.35. The predicted molar refractivity (Wildman–Crippen MR) is 73.4 cm³/mol. The van der Waals surface area contributed by atoms with Crippen molar-refractivity contribution in [2.24, 2.45) is 0 Å². The van der Waals surface area contributed by atoms with Gasteiger partial charge in [0.2, 0.25) is 5.95 Å². The number of aromatic amines is 1. The molecule has 0 saturated heterocycles. The number of halogens is 1. The number of hydrogen-bond donors (Lipinski definition) is 2. The van der Waals surface area contributed by atoms with Gasteiger partial charge >= 0.3 is 0 Å². The van der Waals surface area contributed by atoms with E-state index in [0.717, 1.165) is 34.9 Å². The van der Waals surface area contributed by atoms with E-state index in [2.05, 4.69) is 16.0 Å². The third-order valence-electron chi connectivity index (χ3n) is 3.30. The van der Waals surface area contributed by atoms with E-state index >= 15 is 0 Å². The summed E-state index contributed by atoms with van der Waals surface area (Å²) < 4.78 is 0.800. The van der Waals surface area contributed by atoms with Crippen molar-refractivity contribution >= 4 is 28.9 Å². The molecule has 3 rings (SSSR count). The maximum Gasteiger partial charge on any atom is 0.255 e. The molecule has 0 spiro atoms. The Hall–Kier alpha value is -1.33. The topological polar surface area (TPSA) is 71.8 Å². The lowest BCUT2D eigenvalue weighted by Gasteiger charge is -2.22. The molecule has 1 aliphatic rings. The van der Waals surface area contributed by atoms with Crippen molar-refractivity contribution in [2.45, 2.75) is 25.2 Å². The molecule has 3 N–H and O–H groups in total. The molecule has 0 amide bonds. The maximum absolute atomic E-state index is 11.7. The van der Waals surface area contributed by atoms with Crippen LogP contribution in [-0.4, -0.2) is 9.97 Å². The van der Waals surface area contributed by atoms with Gasteiger partial charge < -0.3 is 5.73 Å². The summed E-state index contributed by atoms with van der Waals surface area (Å²) in [6, 6.07) is 3.97. The summed E-state index contributed by atoms with van der Waals surface area (Å²) in [6.45, 7) is 0. The largest absolute Gasteiger partial charge is 0.369 e. The Morgan fingerprint density at radius 2 is 2.33 bits per heavy atom. The van der Waals surface area contributed by atoms with Crippen molar-refractivity contribution in [2.75, 3.05) is 5.73 Å². The van der Waals surface area contributed by atoms with Gasteiger partial charge in [0.15, 0.2) is 0 Å². The number of nitrogens with one attached hydrogen (secondary N) is 1. The van der Waals surface area contributed by atoms with Crippen LogP contribution >= 0.6 is 22.9 Å². The molecule has 2 aromatic heterocycles. The van der Waals surface area contributed by atoms with Gasteiger partial charge in [-0.25, -0.2) is 4.98 Å². The first-order valence-corrected chi connectivity index (χ1v) is 6.95. The van der Waals surface area contributed by atoms with Gasteiger partial charge in [0.05, 0.1) is 10.0 Å². The molecule has 0 radical (unpaired) electrons. The van der Waals surface area contributed by atoms with Gasteiger partial charge in [0, 0.05) is 10.4 Å². The van der Waals surface area contributed by atoms with E-state index in [4.69, 9.17) is 17.3 Å². The van der Waals surface area contributed by atoms with E-state index in [-0.39, 0.29) is 11.5 Å². The second-order valence-corrected chi connectivity index (χ2v) is 6.20. The molecular formula is C12H12ClN3OS. The summed E-state index contributed by atoms with van der Waals surface area (Å²) >= 11 is 7.56. The van der Waals surface area contributed by atoms with Crippen molar-refractivity contribution in [1.82, 2.24) is 9.97 Å². The minimum atomic E-state index is -0.0971. The minimum Gasteiger partial charge on any atom is -0.369 e. The summed E-state index contributed by atoms with van der Waals surface area (Å²) in [7, 11) is 0. The Balaban J connectivity index is 1.96. The fourth-order valence-electron chi connectivity index (χ4n) is 2.43. The predicted octanol–water partition coefficient (Wildman–Crippen LogP) is 2.34. The molecule has 0 aliphatic heterocycles. The smallest absolute Gasteiger partial charge is 0.255 e. The summed E-state index contributed by atoms with van der Waals surface area (Å²) in [5.74, 6) is 0.590. The molecular weight excluding hydrogens is 270 g/mol. The zero-order valence-corrected chi connectivity index (χ0v) is 11.1. The lowest BCUT2D eigenvalue weighted by Crippen LogP contribution is -2.25. The van der Waals surface area contributed by atoms with E-state index in [1.54, 1.807) is 11.3 Å². The number of nitrogens with two attached hydrogens (primary N) is 1. The molecule has 2 aromatic rings. The van der Waals surface area contributed by atoms with E-state index in [9.17, 15) is 4.79 Å². The Morgan fingerprint density at radius 1 is 1.50 bits per heavy atom. The highest BCUT2D eigenvalue weighted by molar-refractivity contribution is 7.16. The molecule has 0 bridgehead atoms. The van der Waals surface area contributed by atoms with Crippen LogP contribution in [0.25, 0.3) is 0 Å². The van der Waals surface area contributed by atoms with Crippen LogP contribution in [-0.2, 0) is 12.8 Å². The van der Waals surface area contributed by atoms with Crippen LogP contribution in [0.4, 0.5) is 5.95 Å². The van der Waals surface area contributed by atoms with E-state index in [0.29, 0.717) is 5.92 Å². The number of nitrogen functional groups attached to an aromatic ring is 1. The fourth-order valence-corrected chi connectivity index (χ4v) is 3.63. The van der Waals surface area contributed by atoms with Gasteiger partial charge in [-0.3, -0.25) is 9.78 Å². The quantitative estimate of drug-likeness (QED) is 0.843. The van der Waals surface area contributed by atoms with E-state index in [1.165, 1.54) is 4.88 Å². The number of hydrogen-bond acceptors (Lipinski definition) is 4. The molecule has 0 aromatic carbocycles. The maximum atomic E-state index is 11.7. The molecule has 0 fully saturated rings. The average Bonchev–Trinajstić information content (AvgIpc) is 2.75. The third kappa shape index (κ3) is 2.04. The van der Waals surface area contributed by atoms with Gasteiger partial charge in [-0.2, -0.15) is 0 Å². The Bertz CT molecular complexity index is 649. The van der Waals surface area contributed by atoms with Crippen LogP contribution in [0.2, 0.25) is 4.34 Å². The van der Waals surface area contributed by atoms with Gasteiger partial charge in [-0.05, 0) is 37.3 Å². The normalized spacial score (nSPS) is 18.6. The monoisotopic (exact) mass is 281 g/mol. The van der Waals surface area contributed by atoms with Crippen LogP contribution in [0.1, 0.15) is 28.5 Å². The molecule has 1 atom stereocenters. The number of thiophene rings is 1. The third-order valence-corrected chi connectivity index (χ3v) is 4.69. The van der Waals surface area contributed by atoms with Crippen LogP contribution in [0.5, 0.6) is 0 Å². The number of anilines is 1. The summed E-state index contributed by atoms with van der Waals surface area (Å²) in [5, 5.41) is 0. The average molecular weight is 282 g/mol.